The van der Waals surface area contributed by atoms with Crippen molar-refractivity contribution in [3.8, 4) is 0 Å². The van der Waals surface area contributed by atoms with Crippen molar-refractivity contribution in [1.82, 2.24) is 20.4 Å². The van der Waals surface area contributed by atoms with Gasteiger partial charge in [0.05, 0.1) is 28.0 Å². The van der Waals surface area contributed by atoms with Crippen LogP contribution in [0.15, 0.2) is 46.0 Å². The van der Waals surface area contributed by atoms with Gasteiger partial charge in [0, 0.05) is 50.7 Å². The van der Waals surface area contributed by atoms with Crippen LogP contribution in [0.3, 0.4) is 0 Å². The Bertz CT molecular complexity index is 1560. The van der Waals surface area contributed by atoms with Crippen LogP contribution in [0.1, 0.15) is 44.7 Å². The lowest BCUT2D eigenvalue weighted by atomic mass is 9.96. The first-order valence-corrected chi connectivity index (χ1v) is 14.4. The minimum Gasteiger partial charge on any atom is -0.480 e. The van der Waals surface area contributed by atoms with E-state index in [9.17, 15) is 24.6 Å². The number of carbonyl (C=O) groups is 3. The van der Waals surface area contributed by atoms with Gasteiger partial charge in [-0.1, -0.05) is 29.3 Å². The molecular formula is C29H31Cl2N5O6. The molecule has 4 N–H and O–H groups in total. The number of rotatable bonds is 6. The number of benzene rings is 2. The number of carbonyl (C=O) groups excluding carboxylic acids is 2. The maximum Gasteiger partial charge on any atom is 0.328 e. The summed E-state index contributed by atoms with van der Waals surface area (Å²) >= 11 is 13.2. The van der Waals surface area contributed by atoms with Crippen LogP contribution < -0.4 is 10.6 Å². The molecule has 13 heteroatoms. The summed E-state index contributed by atoms with van der Waals surface area (Å²) in [5.41, 5.74) is 2.50. The molecule has 1 saturated heterocycles. The van der Waals surface area contributed by atoms with Crippen LogP contribution in [-0.4, -0.2) is 89.1 Å². The van der Waals surface area contributed by atoms with Crippen LogP contribution in [0, 0.1) is 0 Å². The minimum absolute atomic E-state index is 0.0186. The van der Waals surface area contributed by atoms with E-state index in [0.717, 1.165) is 11.8 Å². The van der Waals surface area contributed by atoms with Crippen molar-refractivity contribution >= 4 is 57.9 Å². The molecule has 0 spiro atoms. The van der Waals surface area contributed by atoms with Gasteiger partial charge in [-0.05, 0) is 54.7 Å². The van der Waals surface area contributed by atoms with Gasteiger partial charge in [-0.3, -0.25) is 14.6 Å². The van der Waals surface area contributed by atoms with Gasteiger partial charge in [-0.15, -0.1) is 0 Å². The number of carboxylic acids is 1. The maximum absolute atomic E-state index is 13.3. The number of guanidine groups is 1. The molecule has 0 bridgehead atoms. The van der Waals surface area contributed by atoms with Crippen LogP contribution in [-0.2, 0) is 17.8 Å². The van der Waals surface area contributed by atoms with Crippen LogP contribution in [0.5, 0.6) is 0 Å². The van der Waals surface area contributed by atoms with Crippen molar-refractivity contribution in [3.05, 3.63) is 68.9 Å². The van der Waals surface area contributed by atoms with Crippen LogP contribution in [0.2, 0.25) is 10.0 Å². The van der Waals surface area contributed by atoms with Gasteiger partial charge >= 0.3 is 5.97 Å². The van der Waals surface area contributed by atoms with E-state index in [0.29, 0.717) is 60.7 Å². The summed E-state index contributed by atoms with van der Waals surface area (Å²) in [4.78, 5) is 46.2. The largest absolute Gasteiger partial charge is 0.480 e. The number of nitrogens with zero attached hydrogens (tertiary/aromatic N) is 3. The Morgan fingerprint density at radius 1 is 1.17 bits per heavy atom. The summed E-state index contributed by atoms with van der Waals surface area (Å²) < 4.78 is 5.42. The number of hydrogen-bond donors (Lipinski definition) is 4. The Morgan fingerprint density at radius 2 is 1.98 bits per heavy atom. The third kappa shape index (κ3) is 6.18. The quantitative estimate of drug-likeness (QED) is 0.244. The topological polar surface area (TPSA) is 148 Å². The van der Waals surface area contributed by atoms with Gasteiger partial charge in [-0.25, -0.2) is 4.79 Å². The SMILES string of the molecule is C/N=C(\NC[C@H](NC(=O)c1c(Cl)cc2c(c1Cl)CCN(C(=O)c1ccc3ccoc3c1)C2)C(=O)O)N1CCC[C@@H](O)C1. The number of nitrogens with one attached hydrogen (secondary N) is 2. The first kappa shape index (κ1) is 29.7. The number of furan rings is 1. The molecule has 2 amide bonds. The lowest BCUT2D eigenvalue weighted by molar-refractivity contribution is -0.139. The van der Waals surface area contributed by atoms with Crippen molar-refractivity contribution in [2.24, 2.45) is 4.99 Å². The monoisotopic (exact) mass is 615 g/mol. The highest BCUT2D eigenvalue weighted by Gasteiger charge is 2.30. The Kier molecular flexibility index (Phi) is 8.91. The number of piperidine rings is 1. The highest BCUT2D eigenvalue weighted by atomic mass is 35.5. The van der Waals surface area contributed by atoms with Crippen molar-refractivity contribution in [3.63, 3.8) is 0 Å². The number of β-amino-alcohol motifs (C(OH)–C–C–N with tert-alkyl or cyclic N) is 1. The third-order valence-corrected chi connectivity index (χ3v) is 8.31. The summed E-state index contributed by atoms with van der Waals surface area (Å²) in [6.07, 6.45) is 2.95. The number of hydrogen-bond acceptors (Lipinski definition) is 6. The van der Waals surface area contributed by atoms with E-state index in [1.165, 1.54) is 0 Å². The van der Waals surface area contributed by atoms with E-state index in [1.54, 1.807) is 36.4 Å². The Morgan fingerprint density at radius 3 is 2.71 bits per heavy atom. The van der Waals surface area contributed by atoms with E-state index >= 15 is 0 Å². The first-order chi connectivity index (χ1) is 20.2. The molecule has 0 aliphatic carbocycles. The second kappa shape index (κ2) is 12.6. The highest BCUT2D eigenvalue weighted by molar-refractivity contribution is 6.40. The number of aliphatic imine (C=N–C) groups is 1. The Hall–Kier alpha value is -3.80. The Labute approximate surface area is 252 Å². The molecule has 3 aromatic rings. The van der Waals surface area contributed by atoms with E-state index < -0.39 is 24.0 Å². The van der Waals surface area contributed by atoms with E-state index in [4.69, 9.17) is 27.6 Å². The average molecular weight is 617 g/mol. The lowest BCUT2D eigenvalue weighted by Gasteiger charge is -2.33. The van der Waals surface area contributed by atoms with Gasteiger partial charge in [0.25, 0.3) is 11.8 Å². The molecule has 5 rings (SSSR count). The number of carboxylic acid groups (broad SMARTS) is 1. The van der Waals surface area contributed by atoms with Gasteiger partial charge in [0.2, 0.25) is 0 Å². The van der Waals surface area contributed by atoms with Crippen LogP contribution in [0.4, 0.5) is 0 Å². The summed E-state index contributed by atoms with van der Waals surface area (Å²) in [6.45, 7) is 1.52. The molecule has 42 heavy (non-hydrogen) atoms. The molecule has 222 valence electrons. The van der Waals surface area contributed by atoms with Crippen molar-refractivity contribution in [2.75, 3.05) is 33.2 Å². The average Bonchev–Trinajstić information content (AvgIpc) is 3.44. The third-order valence-electron chi connectivity index (χ3n) is 7.60. The Balaban J connectivity index is 1.28. The normalized spacial score (nSPS) is 18.0. The summed E-state index contributed by atoms with van der Waals surface area (Å²) in [5.74, 6) is -1.71. The second-order valence-corrected chi connectivity index (χ2v) is 11.2. The van der Waals surface area contributed by atoms with Gasteiger partial charge in [0.15, 0.2) is 5.96 Å². The predicted octanol–water partition coefficient (Wildman–Crippen LogP) is 3.15. The molecule has 1 fully saturated rings. The smallest absolute Gasteiger partial charge is 0.328 e. The zero-order valence-corrected chi connectivity index (χ0v) is 24.4. The number of amides is 2. The molecule has 0 radical (unpaired) electrons. The van der Waals surface area contributed by atoms with Crippen molar-refractivity contribution < 1.29 is 29.0 Å². The van der Waals surface area contributed by atoms with Gasteiger partial charge in [-0.2, -0.15) is 0 Å². The van der Waals surface area contributed by atoms with Crippen LogP contribution in [0.25, 0.3) is 11.0 Å². The summed E-state index contributed by atoms with van der Waals surface area (Å²) in [5, 5.41) is 26.3. The number of aliphatic hydroxyl groups excluding tert-OH is 1. The highest BCUT2D eigenvalue weighted by Crippen LogP contribution is 2.35. The zero-order chi connectivity index (χ0) is 30.0. The molecule has 2 aromatic carbocycles. The molecule has 1 aromatic heterocycles. The molecule has 3 heterocycles. The standard InChI is InChI=1S/C29H31Cl2N5O6/c1-32-29(36-8-2-3-19(37)15-36)33-13-22(28(40)41)34-26(38)24-21(30)11-18-14-35(9-6-20(18)25(24)31)27(39)17-5-4-16-7-10-42-23(16)12-17/h4-5,7,10-12,19,22,37H,2-3,6,8-9,13-15H2,1H3,(H,32,33)(H,34,38)(H,40,41)/t19-,22+/m1/s1. The fourth-order valence-electron chi connectivity index (χ4n) is 5.41. The van der Waals surface area contributed by atoms with Gasteiger partial charge < -0.3 is 35.1 Å². The molecule has 0 saturated carbocycles. The van der Waals surface area contributed by atoms with Gasteiger partial charge in [0.1, 0.15) is 11.6 Å². The molecule has 2 aliphatic heterocycles. The minimum atomic E-state index is -1.31. The van der Waals surface area contributed by atoms with E-state index in [-0.39, 0.29) is 34.6 Å². The molecule has 0 unspecified atom stereocenters. The maximum atomic E-state index is 13.3. The van der Waals surface area contributed by atoms with Crippen LogP contribution >= 0.6 is 23.2 Å². The molecule has 2 atom stereocenters. The van der Waals surface area contributed by atoms with Crippen molar-refractivity contribution in [2.45, 2.75) is 38.0 Å². The van der Waals surface area contributed by atoms with E-state index in [2.05, 4.69) is 15.6 Å². The van der Waals surface area contributed by atoms with E-state index in [1.807, 2.05) is 17.0 Å². The number of fused-ring (bicyclic) bond motifs is 2. The predicted molar refractivity (Wildman–Crippen MR) is 158 cm³/mol. The fourth-order valence-corrected chi connectivity index (χ4v) is 6.17. The first-order valence-electron chi connectivity index (χ1n) is 13.6. The van der Waals surface area contributed by atoms with Crippen molar-refractivity contribution in [1.29, 1.82) is 0 Å². The number of halogens is 2. The molecule has 11 nitrogen and oxygen atoms in total. The molecule has 2 aliphatic rings. The number of aliphatic hydroxyl groups is 1. The summed E-state index contributed by atoms with van der Waals surface area (Å²) in [6, 6.07) is 7.40. The zero-order valence-electron chi connectivity index (χ0n) is 22.9. The second-order valence-electron chi connectivity index (χ2n) is 10.4. The number of aliphatic carboxylic acids is 1. The number of likely N-dealkylation sites (tertiary alicyclic amines) is 1. The fraction of sp³-hybridized carbons (Fsp3) is 0.379. The summed E-state index contributed by atoms with van der Waals surface area (Å²) in [7, 11) is 1.57. The molecular weight excluding hydrogens is 585 g/mol. The lowest BCUT2D eigenvalue weighted by Crippen LogP contribution is -2.53.